The molecule has 41 heavy (non-hydrogen) atoms. The topological polar surface area (TPSA) is 229 Å². The van der Waals surface area contributed by atoms with E-state index < -0.39 is 79.5 Å². The number of phenolic OH excluding ortho intramolecular Hbond substituents is 2. The van der Waals surface area contributed by atoms with Crippen molar-refractivity contribution in [2.45, 2.75) is 55.1 Å². The maximum absolute atomic E-state index is 13.2. The third-order valence-electron chi connectivity index (χ3n) is 7.27. The van der Waals surface area contributed by atoms with Crippen molar-refractivity contribution in [3.05, 3.63) is 52.2 Å². The Balaban J connectivity index is 1.57. The molecule has 14 nitrogen and oxygen atoms in total. The molecule has 1 aromatic heterocycles. The van der Waals surface area contributed by atoms with E-state index in [1.54, 1.807) is 0 Å². The van der Waals surface area contributed by atoms with Crippen LogP contribution in [0.25, 0.3) is 22.3 Å². The highest BCUT2D eigenvalue weighted by molar-refractivity contribution is 5.88. The van der Waals surface area contributed by atoms with Gasteiger partial charge in [0.05, 0.1) is 25.9 Å². The van der Waals surface area contributed by atoms with E-state index in [1.807, 2.05) is 0 Å². The van der Waals surface area contributed by atoms with Gasteiger partial charge in [0.15, 0.2) is 11.7 Å². The first-order chi connectivity index (χ1) is 19.5. The predicted molar refractivity (Wildman–Crippen MR) is 137 cm³/mol. The minimum Gasteiger partial charge on any atom is -0.508 e. The number of aromatic hydroxyl groups is 2. The van der Waals surface area contributed by atoms with Gasteiger partial charge in [-0.2, -0.15) is 0 Å². The molecular weight excluding hydrogens is 548 g/mol. The SMILES string of the molecule is COc1cc2oc(-c3ccc(O)cc3)cc(=O)c2c(O)c1[C@@H]1OC[C@H](O)[C@H](O)C1O[C@@H]1OC(CO)[C@@H](O)[C@H](O)C1O. The fraction of sp³-hybridized carbons (Fsp3) is 0.444. The van der Waals surface area contributed by atoms with Crippen LogP contribution in [0.4, 0.5) is 0 Å². The highest BCUT2D eigenvalue weighted by Gasteiger charge is 2.49. The Hall–Kier alpha value is -3.31. The second-order valence-electron chi connectivity index (χ2n) is 9.85. The molecule has 3 unspecified atom stereocenters. The van der Waals surface area contributed by atoms with Crippen molar-refractivity contribution < 1.29 is 64.2 Å². The average Bonchev–Trinajstić information content (AvgIpc) is 2.96. The van der Waals surface area contributed by atoms with Crippen LogP contribution < -0.4 is 10.2 Å². The van der Waals surface area contributed by atoms with Crippen LogP contribution in [0.1, 0.15) is 11.7 Å². The van der Waals surface area contributed by atoms with E-state index >= 15 is 0 Å². The summed E-state index contributed by atoms with van der Waals surface area (Å²) in [5.74, 6) is -0.507. The first kappa shape index (κ1) is 29.2. The zero-order valence-electron chi connectivity index (χ0n) is 21.6. The van der Waals surface area contributed by atoms with E-state index in [0.717, 1.165) is 6.07 Å². The smallest absolute Gasteiger partial charge is 0.197 e. The quantitative estimate of drug-likeness (QED) is 0.173. The van der Waals surface area contributed by atoms with Crippen molar-refractivity contribution >= 4 is 11.0 Å². The van der Waals surface area contributed by atoms with Gasteiger partial charge in [-0.25, -0.2) is 0 Å². The predicted octanol–water partition coefficient (Wildman–Crippen LogP) is -1.14. The van der Waals surface area contributed by atoms with E-state index in [2.05, 4.69) is 0 Å². The van der Waals surface area contributed by atoms with Crippen molar-refractivity contribution in [1.29, 1.82) is 0 Å². The second kappa shape index (κ2) is 11.5. The van der Waals surface area contributed by atoms with Gasteiger partial charge in [0.2, 0.25) is 0 Å². The largest absolute Gasteiger partial charge is 0.508 e. The molecule has 8 N–H and O–H groups in total. The number of ether oxygens (including phenoxy) is 4. The van der Waals surface area contributed by atoms with E-state index in [4.69, 9.17) is 23.4 Å². The standard InChI is InChI=1S/C27H30O14/c1-37-15-7-16-18(12(30)6-14(39-16)10-2-4-11(29)5-3-10)22(34)19(15)25-26(20(32)13(31)9-38-25)41-27-24(36)23(35)21(33)17(8-28)40-27/h2-7,13,17,20-21,23-29,31-36H,8-9H2,1H3/t13-,17?,20-,21+,23-,24?,25-,26?,27-/m0/s1. The summed E-state index contributed by atoms with van der Waals surface area (Å²) in [6, 6.07) is 8.37. The molecule has 2 aromatic carbocycles. The Morgan fingerprint density at radius 3 is 2.32 bits per heavy atom. The van der Waals surface area contributed by atoms with Crippen LogP contribution >= 0.6 is 0 Å². The Kier molecular flexibility index (Phi) is 8.20. The Bertz CT molecular complexity index is 1440. The summed E-state index contributed by atoms with van der Waals surface area (Å²) in [5, 5.41) is 82.0. The number of fused-ring (bicyclic) bond motifs is 1. The maximum atomic E-state index is 13.2. The number of methoxy groups -OCH3 is 1. The molecule has 0 spiro atoms. The number of phenols is 2. The highest BCUT2D eigenvalue weighted by Crippen LogP contribution is 2.45. The van der Waals surface area contributed by atoms with Crippen molar-refractivity contribution in [3.63, 3.8) is 0 Å². The third-order valence-corrected chi connectivity index (χ3v) is 7.27. The monoisotopic (exact) mass is 578 g/mol. The number of hydrogen-bond acceptors (Lipinski definition) is 14. The minimum absolute atomic E-state index is 0.0149. The molecule has 2 aliphatic rings. The van der Waals surface area contributed by atoms with Crippen LogP contribution in [0.5, 0.6) is 17.2 Å². The molecule has 0 saturated carbocycles. The van der Waals surface area contributed by atoms with E-state index in [9.17, 15) is 45.6 Å². The zero-order chi connectivity index (χ0) is 29.6. The van der Waals surface area contributed by atoms with Gasteiger partial charge in [-0.05, 0) is 24.3 Å². The van der Waals surface area contributed by atoms with Gasteiger partial charge in [0, 0.05) is 17.7 Å². The van der Waals surface area contributed by atoms with Crippen molar-refractivity contribution in [2.24, 2.45) is 0 Å². The number of aliphatic hydroxyl groups is 6. The molecule has 2 aliphatic heterocycles. The lowest BCUT2D eigenvalue weighted by atomic mass is 9.91. The number of benzene rings is 2. The summed E-state index contributed by atoms with van der Waals surface area (Å²) in [6.07, 6.45) is -14.5. The molecule has 2 saturated heterocycles. The van der Waals surface area contributed by atoms with Crippen molar-refractivity contribution in [2.75, 3.05) is 20.3 Å². The van der Waals surface area contributed by atoms with E-state index in [1.165, 1.54) is 37.4 Å². The first-order valence-electron chi connectivity index (χ1n) is 12.7. The molecule has 0 bridgehead atoms. The Labute approximate surface area is 231 Å². The summed E-state index contributed by atoms with van der Waals surface area (Å²) in [5.41, 5.74) is -0.365. The average molecular weight is 579 g/mol. The molecule has 0 amide bonds. The number of aliphatic hydroxyl groups excluding tert-OH is 6. The summed E-state index contributed by atoms with van der Waals surface area (Å²) in [7, 11) is 1.27. The van der Waals surface area contributed by atoms with Crippen molar-refractivity contribution in [1.82, 2.24) is 0 Å². The summed E-state index contributed by atoms with van der Waals surface area (Å²) in [4.78, 5) is 13.2. The molecule has 5 rings (SSSR count). The van der Waals surface area contributed by atoms with Crippen molar-refractivity contribution in [3.8, 4) is 28.6 Å². The summed E-state index contributed by atoms with van der Waals surface area (Å²) >= 11 is 0. The van der Waals surface area contributed by atoms with Gasteiger partial charge < -0.3 is 64.2 Å². The molecule has 3 aromatic rings. The lowest BCUT2D eigenvalue weighted by Gasteiger charge is -2.44. The first-order valence-corrected chi connectivity index (χ1v) is 12.7. The minimum atomic E-state index is -1.84. The highest BCUT2D eigenvalue weighted by atomic mass is 16.7. The number of rotatable bonds is 6. The molecule has 14 heteroatoms. The van der Waals surface area contributed by atoms with Gasteiger partial charge in [-0.1, -0.05) is 0 Å². The van der Waals surface area contributed by atoms with E-state index in [-0.39, 0.29) is 33.8 Å². The normalized spacial score (nSPS) is 32.2. The summed E-state index contributed by atoms with van der Waals surface area (Å²) in [6.45, 7) is -1.16. The molecular formula is C27H30O14. The van der Waals surface area contributed by atoms with Gasteiger partial charge in [-0.15, -0.1) is 0 Å². The van der Waals surface area contributed by atoms with Gasteiger partial charge in [-0.3, -0.25) is 4.79 Å². The van der Waals surface area contributed by atoms with E-state index in [0.29, 0.717) is 5.56 Å². The zero-order valence-corrected chi connectivity index (χ0v) is 21.6. The lowest BCUT2D eigenvalue weighted by Crippen LogP contribution is -2.61. The molecule has 9 atom stereocenters. The number of hydrogen-bond donors (Lipinski definition) is 8. The van der Waals surface area contributed by atoms with Crippen LogP contribution in [0.3, 0.4) is 0 Å². The van der Waals surface area contributed by atoms with Crippen LogP contribution in [-0.2, 0) is 14.2 Å². The third kappa shape index (κ3) is 5.25. The molecule has 3 heterocycles. The van der Waals surface area contributed by atoms with Gasteiger partial charge >= 0.3 is 0 Å². The fourth-order valence-electron chi connectivity index (χ4n) is 5.03. The molecule has 0 aliphatic carbocycles. The maximum Gasteiger partial charge on any atom is 0.197 e. The fourth-order valence-corrected chi connectivity index (χ4v) is 5.03. The van der Waals surface area contributed by atoms with Crippen LogP contribution in [0.15, 0.2) is 45.6 Å². The summed E-state index contributed by atoms with van der Waals surface area (Å²) < 4.78 is 28.2. The lowest BCUT2D eigenvalue weighted by molar-refractivity contribution is -0.336. The molecule has 0 radical (unpaired) electrons. The van der Waals surface area contributed by atoms with Gasteiger partial charge in [0.25, 0.3) is 0 Å². The van der Waals surface area contributed by atoms with Crippen LogP contribution in [0, 0.1) is 0 Å². The Morgan fingerprint density at radius 2 is 1.66 bits per heavy atom. The molecule has 2 fully saturated rings. The van der Waals surface area contributed by atoms with Crippen LogP contribution in [0.2, 0.25) is 0 Å². The second-order valence-corrected chi connectivity index (χ2v) is 9.85. The van der Waals surface area contributed by atoms with Gasteiger partial charge in [0.1, 0.15) is 82.8 Å². The van der Waals surface area contributed by atoms with Crippen LogP contribution in [-0.4, -0.2) is 110 Å². The molecule has 222 valence electrons. The Morgan fingerprint density at radius 1 is 0.951 bits per heavy atom.